The summed E-state index contributed by atoms with van der Waals surface area (Å²) in [5.74, 6) is 0. The topological polar surface area (TPSA) is 72.4 Å². The highest BCUT2D eigenvalue weighted by Gasteiger charge is 2.23. The smallest absolute Gasteiger partial charge is 0.242 e. The van der Waals surface area contributed by atoms with Gasteiger partial charge in [-0.3, -0.25) is 0 Å². The maximum absolute atomic E-state index is 12.4. The van der Waals surface area contributed by atoms with E-state index in [-0.39, 0.29) is 6.04 Å². The van der Waals surface area contributed by atoms with Crippen LogP contribution in [0.4, 0.5) is 0 Å². The van der Waals surface area contributed by atoms with Crippen molar-refractivity contribution in [3.8, 4) is 0 Å². The number of hydrogen-bond donors (Lipinski definition) is 2. The van der Waals surface area contributed by atoms with Crippen LogP contribution in [0.2, 0.25) is 0 Å². The van der Waals surface area contributed by atoms with Gasteiger partial charge in [0, 0.05) is 44.2 Å². The second-order valence-electron chi connectivity index (χ2n) is 5.85. The predicted molar refractivity (Wildman–Crippen MR) is 81.6 cm³/mol. The van der Waals surface area contributed by atoms with Crippen molar-refractivity contribution in [1.29, 1.82) is 0 Å². The molecule has 1 aromatic rings. The number of nitrogens with zero attached hydrogens (tertiary/aromatic N) is 1. The van der Waals surface area contributed by atoms with Crippen LogP contribution in [0.15, 0.2) is 17.2 Å². The second kappa shape index (κ2) is 6.91. The fourth-order valence-electron chi connectivity index (χ4n) is 2.33. The van der Waals surface area contributed by atoms with Crippen LogP contribution in [0.3, 0.4) is 0 Å². The Hall–Kier alpha value is -0.890. The molecule has 0 saturated carbocycles. The van der Waals surface area contributed by atoms with Crippen molar-refractivity contribution < 1.29 is 13.2 Å². The summed E-state index contributed by atoms with van der Waals surface area (Å²) in [7, 11) is -1.62. The van der Waals surface area contributed by atoms with E-state index in [0.29, 0.717) is 30.7 Å². The fourth-order valence-corrected chi connectivity index (χ4v) is 3.68. The van der Waals surface area contributed by atoms with E-state index in [2.05, 4.69) is 23.9 Å². The molecule has 0 spiro atoms. The molecule has 1 atom stereocenters. The van der Waals surface area contributed by atoms with E-state index < -0.39 is 10.0 Å². The number of nitrogens with one attached hydrogen (secondary N) is 2. The Bertz CT molecular complexity index is 560. The van der Waals surface area contributed by atoms with E-state index in [4.69, 9.17) is 4.74 Å². The third kappa shape index (κ3) is 4.54. The molecule has 1 fully saturated rings. The third-order valence-electron chi connectivity index (χ3n) is 3.57. The Balaban J connectivity index is 2.07. The molecule has 0 radical (unpaired) electrons. The Morgan fingerprint density at radius 1 is 1.48 bits per heavy atom. The first-order valence-corrected chi connectivity index (χ1v) is 8.85. The van der Waals surface area contributed by atoms with Gasteiger partial charge in [0.15, 0.2) is 0 Å². The normalized spacial score (nSPS) is 20.1. The zero-order valence-corrected chi connectivity index (χ0v) is 13.7. The Labute approximate surface area is 126 Å². The Kier molecular flexibility index (Phi) is 5.43. The molecule has 0 amide bonds. The quantitative estimate of drug-likeness (QED) is 0.821. The number of ether oxygens (including phenoxy) is 1. The first-order chi connectivity index (χ1) is 9.88. The predicted octanol–water partition coefficient (Wildman–Crippen LogP) is 0.980. The van der Waals surface area contributed by atoms with Gasteiger partial charge in [-0.15, -0.1) is 0 Å². The average molecular weight is 315 g/mol. The van der Waals surface area contributed by atoms with E-state index in [9.17, 15) is 8.42 Å². The molecule has 1 saturated heterocycles. The van der Waals surface area contributed by atoms with Crippen LogP contribution in [0.1, 0.15) is 32.4 Å². The minimum atomic E-state index is -3.48. The number of rotatable bonds is 6. The lowest BCUT2D eigenvalue weighted by atomic mass is 10.1. The van der Waals surface area contributed by atoms with Crippen LogP contribution in [0.5, 0.6) is 0 Å². The summed E-state index contributed by atoms with van der Waals surface area (Å²) in [6.07, 6.45) is 3.38. The van der Waals surface area contributed by atoms with E-state index in [1.54, 1.807) is 12.3 Å². The van der Waals surface area contributed by atoms with Crippen LogP contribution in [-0.2, 0) is 28.4 Å². The molecule has 21 heavy (non-hydrogen) atoms. The monoisotopic (exact) mass is 315 g/mol. The lowest BCUT2D eigenvalue weighted by Crippen LogP contribution is -2.40. The Morgan fingerprint density at radius 3 is 2.86 bits per heavy atom. The van der Waals surface area contributed by atoms with Gasteiger partial charge in [-0.05, 0) is 18.9 Å². The fraction of sp³-hybridized carbons (Fsp3) is 0.714. The Morgan fingerprint density at radius 2 is 2.24 bits per heavy atom. The summed E-state index contributed by atoms with van der Waals surface area (Å²) in [6.45, 7) is 5.94. The second-order valence-corrected chi connectivity index (χ2v) is 7.56. The van der Waals surface area contributed by atoms with E-state index in [1.807, 2.05) is 11.6 Å². The zero-order valence-electron chi connectivity index (χ0n) is 12.9. The van der Waals surface area contributed by atoms with Gasteiger partial charge in [-0.25, -0.2) is 13.1 Å². The van der Waals surface area contributed by atoms with Crippen molar-refractivity contribution >= 4 is 10.0 Å². The molecule has 1 unspecified atom stereocenters. The maximum Gasteiger partial charge on any atom is 0.242 e. The summed E-state index contributed by atoms with van der Waals surface area (Å²) >= 11 is 0. The number of hydrogen-bond acceptors (Lipinski definition) is 4. The SMILES string of the molecule is CC(C)NCc1cc(S(=O)(=O)NC2CCCOC2)cn1C. The van der Waals surface area contributed by atoms with Crippen LogP contribution in [0.25, 0.3) is 0 Å². The number of aromatic nitrogens is 1. The minimum Gasteiger partial charge on any atom is -0.380 e. The molecule has 2 N–H and O–H groups in total. The van der Waals surface area contributed by atoms with Crippen LogP contribution >= 0.6 is 0 Å². The van der Waals surface area contributed by atoms with Crippen molar-refractivity contribution in [3.05, 3.63) is 18.0 Å². The molecule has 2 heterocycles. The van der Waals surface area contributed by atoms with Crippen LogP contribution in [-0.4, -0.2) is 38.3 Å². The number of sulfonamides is 1. The largest absolute Gasteiger partial charge is 0.380 e. The van der Waals surface area contributed by atoms with Gasteiger partial charge < -0.3 is 14.6 Å². The molecule has 0 aromatic carbocycles. The summed E-state index contributed by atoms with van der Waals surface area (Å²) in [5.41, 5.74) is 0.948. The van der Waals surface area contributed by atoms with Gasteiger partial charge in [0.2, 0.25) is 10.0 Å². The highest BCUT2D eigenvalue weighted by molar-refractivity contribution is 7.89. The third-order valence-corrected chi connectivity index (χ3v) is 5.05. The van der Waals surface area contributed by atoms with Gasteiger partial charge in [0.25, 0.3) is 0 Å². The molecular weight excluding hydrogens is 290 g/mol. The first-order valence-electron chi connectivity index (χ1n) is 7.37. The van der Waals surface area contributed by atoms with E-state index in [1.165, 1.54) is 0 Å². The standard InChI is InChI=1S/C14H25N3O3S/c1-11(2)15-8-13-7-14(9-17(13)3)21(18,19)16-12-5-4-6-20-10-12/h7,9,11-12,15-16H,4-6,8,10H2,1-3H3. The van der Waals surface area contributed by atoms with E-state index in [0.717, 1.165) is 18.5 Å². The molecular formula is C14H25N3O3S. The maximum atomic E-state index is 12.4. The molecule has 7 heteroatoms. The molecule has 0 bridgehead atoms. The molecule has 2 rings (SSSR count). The van der Waals surface area contributed by atoms with Crippen LogP contribution in [0, 0.1) is 0 Å². The van der Waals surface area contributed by atoms with Crippen molar-refractivity contribution in [1.82, 2.24) is 14.6 Å². The van der Waals surface area contributed by atoms with Crippen molar-refractivity contribution in [2.75, 3.05) is 13.2 Å². The van der Waals surface area contributed by atoms with Crippen molar-refractivity contribution in [3.63, 3.8) is 0 Å². The lowest BCUT2D eigenvalue weighted by molar-refractivity contribution is 0.0774. The van der Waals surface area contributed by atoms with E-state index >= 15 is 0 Å². The highest BCUT2D eigenvalue weighted by atomic mass is 32.2. The van der Waals surface area contributed by atoms with Crippen molar-refractivity contribution in [2.45, 2.75) is 50.2 Å². The lowest BCUT2D eigenvalue weighted by Gasteiger charge is -2.22. The van der Waals surface area contributed by atoms with Crippen molar-refractivity contribution in [2.24, 2.45) is 7.05 Å². The van der Waals surface area contributed by atoms with Gasteiger partial charge in [0.1, 0.15) is 0 Å². The molecule has 1 aliphatic heterocycles. The van der Waals surface area contributed by atoms with Gasteiger partial charge >= 0.3 is 0 Å². The van der Waals surface area contributed by atoms with Crippen LogP contribution < -0.4 is 10.0 Å². The highest BCUT2D eigenvalue weighted by Crippen LogP contribution is 2.16. The van der Waals surface area contributed by atoms with Gasteiger partial charge in [-0.2, -0.15) is 0 Å². The molecule has 1 aliphatic rings. The average Bonchev–Trinajstić information content (AvgIpc) is 2.79. The molecule has 6 nitrogen and oxygen atoms in total. The summed E-state index contributed by atoms with van der Waals surface area (Å²) < 4.78 is 34.7. The van der Waals surface area contributed by atoms with Gasteiger partial charge in [-0.1, -0.05) is 13.8 Å². The minimum absolute atomic E-state index is 0.124. The summed E-state index contributed by atoms with van der Waals surface area (Å²) in [4.78, 5) is 0.316. The molecule has 120 valence electrons. The molecule has 0 aliphatic carbocycles. The number of aryl methyl sites for hydroxylation is 1. The zero-order chi connectivity index (χ0) is 15.5. The molecule has 1 aromatic heterocycles. The van der Waals surface area contributed by atoms with Gasteiger partial charge in [0.05, 0.1) is 11.5 Å². The summed E-state index contributed by atoms with van der Waals surface area (Å²) in [6, 6.07) is 1.96. The first kappa shape index (κ1) is 16.5. The summed E-state index contributed by atoms with van der Waals surface area (Å²) in [5, 5.41) is 3.29.